The predicted molar refractivity (Wildman–Crippen MR) is 228 cm³/mol. The van der Waals surface area contributed by atoms with Crippen molar-refractivity contribution in [1.29, 1.82) is 0 Å². The summed E-state index contributed by atoms with van der Waals surface area (Å²) in [5.41, 5.74) is 4.93. The lowest BCUT2D eigenvalue weighted by Crippen LogP contribution is -2.32. The van der Waals surface area contributed by atoms with Crippen LogP contribution < -0.4 is 11.1 Å². The van der Waals surface area contributed by atoms with Gasteiger partial charge in [-0.1, -0.05) is 73.3 Å². The molecule has 0 saturated carbocycles. The van der Waals surface area contributed by atoms with E-state index in [1.807, 2.05) is 63.4 Å². The van der Waals surface area contributed by atoms with Crippen LogP contribution in [0.4, 0.5) is 4.79 Å². The summed E-state index contributed by atoms with van der Waals surface area (Å²) in [5.74, 6) is 0. The number of halogens is 2. The van der Waals surface area contributed by atoms with Crippen LogP contribution in [0, 0.1) is 0 Å². The second kappa shape index (κ2) is 23.9. The molecule has 0 aliphatic rings. The largest absolute Gasteiger partial charge is 0.444 e. The van der Waals surface area contributed by atoms with Gasteiger partial charge in [0.1, 0.15) is 19.8 Å². The number of thiazole rings is 3. The van der Waals surface area contributed by atoms with E-state index in [-0.39, 0.29) is 28.1 Å². The molecule has 0 aliphatic heterocycles. The average molecular weight is 916 g/mol. The molecule has 0 spiro atoms. The van der Waals surface area contributed by atoms with Crippen molar-refractivity contribution in [3.63, 3.8) is 0 Å². The van der Waals surface area contributed by atoms with Gasteiger partial charge in [-0.05, 0) is 79.5 Å². The number of nitrogens with two attached hydrogens (primary N) is 1. The van der Waals surface area contributed by atoms with Crippen LogP contribution in [0.3, 0.4) is 0 Å². The van der Waals surface area contributed by atoms with Crippen LogP contribution in [0.5, 0.6) is 0 Å². The Kier molecular flexibility index (Phi) is 20.9. The topological polar surface area (TPSA) is 137 Å². The van der Waals surface area contributed by atoms with E-state index in [1.165, 1.54) is 31.6 Å². The van der Waals surface area contributed by atoms with Gasteiger partial charge in [-0.3, -0.25) is 0 Å². The number of hydrogen-bond acceptors (Lipinski definition) is 13. The van der Waals surface area contributed by atoms with E-state index < -0.39 is 21.5 Å². The molecule has 6 aromatic rings. The van der Waals surface area contributed by atoms with Crippen molar-refractivity contribution in [2.45, 2.75) is 75.9 Å². The maximum Gasteiger partial charge on any atom is 0.408 e. The summed E-state index contributed by atoms with van der Waals surface area (Å²) >= 11 is 13.5. The van der Waals surface area contributed by atoms with Gasteiger partial charge in [-0.2, -0.15) is 0 Å². The molecule has 6 rings (SSSR count). The molecular weight excluding hydrogens is 874 g/mol. The van der Waals surface area contributed by atoms with Gasteiger partial charge in [-0.25, -0.2) is 28.2 Å². The maximum atomic E-state index is 12.1. The zero-order valence-electron chi connectivity index (χ0n) is 29.3. The first-order valence-electron chi connectivity index (χ1n) is 15.7. The third-order valence-electron chi connectivity index (χ3n) is 5.89. The molecule has 0 atom stereocenters. The van der Waals surface area contributed by atoms with Crippen molar-refractivity contribution >= 4 is 103 Å². The Morgan fingerprint density at radius 3 is 1.89 bits per heavy atom. The van der Waals surface area contributed by atoms with E-state index in [0.29, 0.717) is 11.6 Å². The number of amides is 1. The van der Waals surface area contributed by atoms with Crippen LogP contribution in [0.1, 0.15) is 42.7 Å². The minimum absolute atomic E-state index is 0. The van der Waals surface area contributed by atoms with E-state index in [2.05, 4.69) is 80.0 Å². The Balaban J connectivity index is 0.000000250. The Morgan fingerprint density at radius 2 is 1.42 bits per heavy atom. The lowest BCUT2D eigenvalue weighted by Gasteiger charge is -2.19. The first-order valence-corrected chi connectivity index (χ1v) is 21.7. The SMILES string of the molecule is CC(C)(C)OC(=O)NCc1ncc(Br)s1.CCc1ncc(Sc2ccccc2)s1.Cl.NCc1ncc(S(=O)(=O)c2ccccc2)s1.Sc1ccccc1. The summed E-state index contributed by atoms with van der Waals surface area (Å²) in [4.78, 5) is 26.2. The van der Waals surface area contributed by atoms with Crippen LogP contribution in [-0.4, -0.2) is 35.1 Å². The van der Waals surface area contributed by atoms with Crippen molar-refractivity contribution in [2.75, 3.05) is 0 Å². The zero-order valence-corrected chi connectivity index (χ0v) is 36.7. The molecule has 3 aromatic carbocycles. The number of aryl methyl sites for hydroxylation is 1. The van der Waals surface area contributed by atoms with E-state index in [9.17, 15) is 13.2 Å². The molecule has 284 valence electrons. The van der Waals surface area contributed by atoms with Gasteiger partial charge < -0.3 is 15.8 Å². The Morgan fingerprint density at radius 1 is 0.849 bits per heavy atom. The molecule has 53 heavy (non-hydrogen) atoms. The summed E-state index contributed by atoms with van der Waals surface area (Å²) in [6.45, 7) is 8.27. The number of sulfone groups is 1. The van der Waals surface area contributed by atoms with Gasteiger partial charge in [0, 0.05) is 16.3 Å². The quantitative estimate of drug-likeness (QED) is 0.127. The molecule has 0 saturated heterocycles. The normalized spacial score (nSPS) is 10.5. The fourth-order valence-electron chi connectivity index (χ4n) is 3.60. The number of hydrogen-bond donors (Lipinski definition) is 3. The third-order valence-corrected chi connectivity index (χ3v) is 13.2. The highest BCUT2D eigenvalue weighted by Gasteiger charge is 2.20. The third kappa shape index (κ3) is 17.9. The number of rotatable bonds is 8. The smallest absolute Gasteiger partial charge is 0.408 e. The first kappa shape index (κ1) is 46.4. The number of thiol groups is 1. The molecule has 0 bridgehead atoms. The second-order valence-electron chi connectivity index (χ2n) is 11.2. The van der Waals surface area contributed by atoms with E-state index >= 15 is 0 Å². The Bertz CT molecular complexity index is 2030. The molecule has 0 radical (unpaired) electrons. The minimum Gasteiger partial charge on any atom is -0.444 e. The van der Waals surface area contributed by atoms with Crippen molar-refractivity contribution in [1.82, 2.24) is 20.3 Å². The molecule has 9 nitrogen and oxygen atoms in total. The summed E-state index contributed by atoms with van der Waals surface area (Å²) in [7, 11) is -3.43. The van der Waals surface area contributed by atoms with E-state index in [4.69, 9.17) is 10.5 Å². The molecule has 17 heteroatoms. The van der Waals surface area contributed by atoms with Gasteiger partial charge in [0.25, 0.3) is 0 Å². The molecule has 3 aromatic heterocycles. The fourth-order valence-corrected chi connectivity index (χ4v) is 9.46. The van der Waals surface area contributed by atoms with Crippen molar-refractivity contribution in [2.24, 2.45) is 5.73 Å². The summed E-state index contributed by atoms with van der Waals surface area (Å²) in [6, 6.07) is 28.5. The Labute approximate surface area is 348 Å². The molecule has 0 unspecified atom stereocenters. The highest BCUT2D eigenvalue weighted by atomic mass is 79.9. The van der Waals surface area contributed by atoms with E-state index in [1.54, 1.807) is 59.6 Å². The highest BCUT2D eigenvalue weighted by Crippen LogP contribution is 2.32. The molecule has 3 heterocycles. The van der Waals surface area contributed by atoms with Crippen LogP contribution in [0.15, 0.2) is 136 Å². The van der Waals surface area contributed by atoms with Crippen molar-refractivity contribution < 1.29 is 17.9 Å². The lowest BCUT2D eigenvalue weighted by atomic mass is 10.2. The minimum atomic E-state index is -3.43. The van der Waals surface area contributed by atoms with E-state index in [0.717, 1.165) is 31.4 Å². The number of aromatic nitrogens is 3. The molecule has 0 fully saturated rings. The van der Waals surface area contributed by atoms with Gasteiger partial charge in [-0.15, -0.1) is 59.0 Å². The fraction of sp³-hybridized carbons (Fsp3) is 0.222. The monoisotopic (exact) mass is 913 g/mol. The van der Waals surface area contributed by atoms with Crippen LogP contribution in [0.2, 0.25) is 0 Å². The number of nitrogens with zero attached hydrogens (tertiary/aromatic N) is 3. The number of carbonyl (C=O) groups is 1. The Hall–Kier alpha value is -2.80. The molecule has 0 aliphatic carbocycles. The number of carbonyl (C=O) groups excluding carboxylic acids is 1. The number of ether oxygens (including phenoxy) is 1. The standard InChI is InChI=1S/C11H11NS2.C10H10N2O2S2.C9H13BrN2O2S.C6H6S.ClH/c1-2-10-12-8-11(14-10)13-9-6-4-3-5-7-9;11-6-9-12-7-10(15-9)16(13,14)8-4-2-1-3-5-8;1-9(2,3)14-8(13)12-5-7-11-4-6(10)15-7;7-6-4-2-1-3-5-6;/h3-8H,2H2,1H3;1-5,7H,6,11H2;4H,5H2,1-3H3,(H,12,13);1-5,7H;1H. The van der Waals surface area contributed by atoms with Gasteiger partial charge in [0.2, 0.25) is 9.84 Å². The second-order valence-corrected chi connectivity index (χ2v) is 20.0. The average Bonchev–Trinajstić information content (AvgIpc) is 3.90. The molecule has 1 amide bonds. The summed E-state index contributed by atoms with van der Waals surface area (Å²) in [5, 5.41) is 5.31. The van der Waals surface area contributed by atoms with Crippen LogP contribution in [-0.2, 0) is 34.1 Å². The van der Waals surface area contributed by atoms with Gasteiger partial charge in [0.15, 0.2) is 0 Å². The maximum absolute atomic E-state index is 12.1. The van der Waals surface area contributed by atoms with Gasteiger partial charge >= 0.3 is 6.09 Å². The highest BCUT2D eigenvalue weighted by molar-refractivity contribution is 9.11. The first-order chi connectivity index (χ1) is 24.8. The van der Waals surface area contributed by atoms with Crippen molar-refractivity contribution in [3.8, 4) is 0 Å². The summed E-state index contributed by atoms with van der Waals surface area (Å²) < 4.78 is 31.7. The number of alkyl carbamates (subject to hydrolysis) is 1. The van der Waals surface area contributed by atoms with Crippen LogP contribution >= 0.6 is 86.7 Å². The van der Waals surface area contributed by atoms with Crippen molar-refractivity contribution in [3.05, 3.63) is 128 Å². The lowest BCUT2D eigenvalue weighted by molar-refractivity contribution is 0.0523. The molecule has 3 N–H and O–H groups in total. The number of nitrogens with one attached hydrogen (secondary N) is 1. The number of benzene rings is 3. The van der Waals surface area contributed by atoms with Gasteiger partial charge in [0.05, 0.1) is 43.0 Å². The summed E-state index contributed by atoms with van der Waals surface area (Å²) in [6.07, 6.45) is 5.63. The van der Waals surface area contributed by atoms with Crippen LogP contribution in [0.25, 0.3) is 0 Å². The zero-order chi connectivity index (χ0) is 38.0. The molecular formula is C36H41BrClN5O4S6. The predicted octanol–water partition coefficient (Wildman–Crippen LogP) is 10.6.